The predicted octanol–water partition coefficient (Wildman–Crippen LogP) is 6.34. The van der Waals surface area contributed by atoms with E-state index in [1.165, 1.54) is 12.8 Å². The number of halogens is 1. The van der Waals surface area contributed by atoms with Crippen LogP contribution in [0.1, 0.15) is 78.8 Å². The minimum atomic E-state index is -3.13. The Morgan fingerprint density at radius 2 is 1.53 bits per heavy atom. The molecule has 0 aromatic heterocycles. The van der Waals surface area contributed by atoms with Gasteiger partial charge in [0.05, 0.1) is 0 Å². The van der Waals surface area contributed by atoms with Gasteiger partial charge in [0.15, 0.2) is 0 Å². The Hall–Kier alpha value is -0.710. The first kappa shape index (κ1) is 27.9. The van der Waals surface area contributed by atoms with Crippen molar-refractivity contribution < 1.29 is 14.0 Å². The van der Waals surface area contributed by atoms with Gasteiger partial charge in [-0.25, -0.2) is 14.4 Å². The minimum Gasteiger partial charge on any atom is -0.342 e. The summed E-state index contributed by atoms with van der Waals surface area (Å²) in [5.41, 5.74) is 0.958. The molecular weight excluding hydrogens is 513 g/mol. The Kier molecular flexibility index (Phi) is 10.2. The number of hydrogen-bond donors (Lipinski definition) is 1. The van der Waals surface area contributed by atoms with Crippen LogP contribution in [0.15, 0.2) is 28.7 Å². The molecule has 6 nitrogen and oxygen atoms in total. The third-order valence-corrected chi connectivity index (χ3v) is 10.6. The molecule has 0 bridgehead atoms. The molecule has 3 rings (SSSR count). The van der Waals surface area contributed by atoms with E-state index in [1.54, 1.807) is 0 Å². The minimum absolute atomic E-state index is 0.153. The van der Waals surface area contributed by atoms with E-state index in [0.29, 0.717) is 25.3 Å². The van der Waals surface area contributed by atoms with Gasteiger partial charge in [0.25, 0.3) is 7.59 Å². The molecule has 1 aliphatic carbocycles. The Labute approximate surface area is 214 Å². The summed E-state index contributed by atoms with van der Waals surface area (Å²) in [6, 6.07) is 8.44. The van der Waals surface area contributed by atoms with Crippen molar-refractivity contribution in [2.75, 3.05) is 13.2 Å². The third-order valence-electron chi connectivity index (χ3n) is 6.55. The van der Waals surface area contributed by atoms with Gasteiger partial charge in [-0.15, -0.1) is 0 Å². The van der Waals surface area contributed by atoms with Crippen molar-refractivity contribution >= 4 is 23.5 Å². The molecule has 1 aliphatic heterocycles. The molecule has 1 aromatic rings. The summed E-state index contributed by atoms with van der Waals surface area (Å²) in [5.74, 6) is 6.49. The molecule has 3 atom stereocenters. The van der Waals surface area contributed by atoms with Crippen LogP contribution in [0.3, 0.4) is 0 Å². The maximum Gasteiger partial charge on any atom is 0.286 e. The van der Waals surface area contributed by atoms with Crippen LogP contribution in [0.25, 0.3) is 0 Å². The molecular formula is C26H41BrN3O3P. The zero-order valence-electron chi connectivity index (χ0n) is 21.5. The smallest absolute Gasteiger partial charge is 0.286 e. The summed E-state index contributed by atoms with van der Waals surface area (Å²) >= 11 is 3.69. The molecule has 1 saturated heterocycles. The molecule has 0 amide bonds. The van der Waals surface area contributed by atoms with E-state index in [2.05, 4.69) is 69.9 Å². The number of benzene rings is 1. The van der Waals surface area contributed by atoms with Crippen molar-refractivity contribution in [2.24, 2.45) is 0 Å². The number of nitrogens with one attached hydrogen (secondary N) is 1. The lowest BCUT2D eigenvalue weighted by Gasteiger charge is -2.38. The fourth-order valence-corrected chi connectivity index (χ4v) is 9.55. The molecule has 2 aliphatic rings. The molecule has 2 fully saturated rings. The molecule has 190 valence electrons. The highest BCUT2D eigenvalue weighted by molar-refractivity contribution is 9.10. The lowest BCUT2D eigenvalue weighted by Crippen LogP contribution is -2.43. The van der Waals surface area contributed by atoms with E-state index in [1.807, 2.05) is 38.1 Å². The Balaban J connectivity index is 2.07. The lowest BCUT2D eigenvalue weighted by molar-refractivity contribution is -0.0970. The monoisotopic (exact) mass is 553 g/mol. The van der Waals surface area contributed by atoms with E-state index >= 15 is 4.57 Å². The first-order valence-electron chi connectivity index (χ1n) is 12.7. The van der Waals surface area contributed by atoms with Crippen LogP contribution in [0.4, 0.5) is 0 Å². The first-order valence-corrected chi connectivity index (χ1v) is 15.1. The van der Waals surface area contributed by atoms with Crippen LogP contribution in [0, 0.1) is 11.8 Å². The van der Waals surface area contributed by atoms with Gasteiger partial charge in [-0.3, -0.25) is 4.57 Å². The zero-order valence-corrected chi connectivity index (χ0v) is 23.9. The number of rotatable bonds is 9. The summed E-state index contributed by atoms with van der Waals surface area (Å²) in [5, 5.41) is 3.60. The fourth-order valence-electron chi connectivity index (χ4n) is 5.40. The van der Waals surface area contributed by atoms with Crippen molar-refractivity contribution in [1.29, 1.82) is 0 Å². The molecule has 34 heavy (non-hydrogen) atoms. The standard InChI is InChI=1S/C26H41BrN3O3P/c1-7-32-26(33-8-2)18-17-23(21-13-9-10-14-22(21)27)28-34(31)29(19(3)4)24-15-11-12-16-25(24)30(34)20(5)6/h9-10,13-14,19-20,23-26H,7-8,11-12,15-16H2,1-6H3,(H,28,31)/t23-,24-,25-/m1/s1. The second kappa shape index (κ2) is 12.5. The van der Waals surface area contributed by atoms with E-state index < -0.39 is 19.9 Å². The van der Waals surface area contributed by atoms with E-state index in [9.17, 15) is 0 Å². The van der Waals surface area contributed by atoms with Crippen molar-refractivity contribution in [3.63, 3.8) is 0 Å². The predicted molar refractivity (Wildman–Crippen MR) is 142 cm³/mol. The summed E-state index contributed by atoms with van der Waals surface area (Å²) in [6.07, 6.45) is 3.93. The fraction of sp³-hybridized carbons (Fsp3) is 0.692. The van der Waals surface area contributed by atoms with Gasteiger partial charge in [-0.2, -0.15) is 0 Å². The van der Waals surface area contributed by atoms with Crippen LogP contribution in [-0.4, -0.2) is 53.0 Å². The maximum absolute atomic E-state index is 15.1. The van der Waals surface area contributed by atoms with Crippen LogP contribution in [0.5, 0.6) is 0 Å². The Morgan fingerprint density at radius 3 is 2.00 bits per heavy atom. The molecule has 1 heterocycles. The molecule has 1 N–H and O–H groups in total. The number of hydrogen-bond acceptors (Lipinski definition) is 3. The Bertz CT molecular complexity index is 882. The number of nitrogens with zero attached hydrogens (tertiary/aromatic N) is 2. The highest BCUT2D eigenvalue weighted by Crippen LogP contribution is 2.63. The van der Waals surface area contributed by atoms with Crippen molar-refractivity contribution in [1.82, 2.24) is 14.4 Å². The number of ether oxygens (including phenoxy) is 2. The van der Waals surface area contributed by atoms with Crippen LogP contribution in [0.2, 0.25) is 0 Å². The van der Waals surface area contributed by atoms with Gasteiger partial charge in [-0.1, -0.05) is 52.9 Å². The molecule has 1 saturated carbocycles. The maximum atomic E-state index is 15.1. The van der Waals surface area contributed by atoms with Crippen molar-refractivity contribution in [3.8, 4) is 11.8 Å². The summed E-state index contributed by atoms with van der Waals surface area (Å²) in [4.78, 5) is 0. The highest BCUT2D eigenvalue weighted by atomic mass is 79.9. The van der Waals surface area contributed by atoms with E-state index in [-0.39, 0.29) is 12.1 Å². The van der Waals surface area contributed by atoms with Gasteiger partial charge in [0.1, 0.15) is 6.04 Å². The summed E-state index contributed by atoms with van der Waals surface area (Å²) in [7, 11) is -3.13. The van der Waals surface area contributed by atoms with Gasteiger partial charge >= 0.3 is 0 Å². The summed E-state index contributed by atoms with van der Waals surface area (Å²) in [6.45, 7) is 13.5. The molecule has 0 radical (unpaired) electrons. The second-order valence-corrected chi connectivity index (χ2v) is 12.6. The average Bonchev–Trinajstić information content (AvgIpc) is 3.05. The van der Waals surface area contributed by atoms with E-state index in [4.69, 9.17) is 9.47 Å². The van der Waals surface area contributed by atoms with Crippen molar-refractivity contribution in [2.45, 2.75) is 104 Å². The second-order valence-electron chi connectivity index (χ2n) is 9.53. The van der Waals surface area contributed by atoms with Crippen molar-refractivity contribution in [3.05, 3.63) is 34.3 Å². The van der Waals surface area contributed by atoms with Gasteiger partial charge in [-0.05, 0) is 71.9 Å². The molecule has 0 unspecified atom stereocenters. The zero-order chi connectivity index (χ0) is 24.9. The van der Waals surface area contributed by atoms with Crippen LogP contribution >= 0.6 is 23.5 Å². The third kappa shape index (κ3) is 5.98. The normalized spacial score (nSPS) is 23.8. The SMILES string of the molecule is CCOC(C#C[C@@H](NP1(=O)N(C(C)C)[C@@H]2CCCC[C@H]2N1C(C)C)c1ccccc1Br)OCC. The van der Waals surface area contributed by atoms with Crippen LogP contribution < -0.4 is 5.09 Å². The largest absolute Gasteiger partial charge is 0.342 e. The van der Waals surface area contributed by atoms with E-state index in [0.717, 1.165) is 22.9 Å². The topological polar surface area (TPSA) is 54.0 Å². The van der Waals surface area contributed by atoms with Gasteiger partial charge < -0.3 is 9.47 Å². The van der Waals surface area contributed by atoms with Crippen LogP contribution in [-0.2, 0) is 14.0 Å². The molecule has 1 aromatic carbocycles. The first-order chi connectivity index (χ1) is 16.2. The molecule has 8 heteroatoms. The van der Waals surface area contributed by atoms with Gasteiger partial charge in [0, 0.05) is 41.9 Å². The number of fused-ring (bicyclic) bond motifs is 1. The quantitative estimate of drug-likeness (QED) is 0.219. The average molecular weight is 555 g/mol. The molecule has 0 spiro atoms. The Morgan fingerprint density at radius 1 is 1.00 bits per heavy atom. The lowest BCUT2D eigenvalue weighted by atomic mass is 9.89. The summed E-state index contributed by atoms with van der Waals surface area (Å²) < 4.78 is 31.9. The van der Waals surface area contributed by atoms with Gasteiger partial charge in [0.2, 0.25) is 6.29 Å². The highest BCUT2D eigenvalue weighted by Gasteiger charge is 2.57.